The lowest BCUT2D eigenvalue weighted by Crippen LogP contribution is -2.65. The van der Waals surface area contributed by atoms with Crippen molar-refractivity contribution in [3.05, 3.63) is 47.5 Å². The second kappa shape index (κ2) is 16.7. The largest absolute Gasteiger partial charge is 0.493 e. The van der Waals surface area contributed by atoms with Crippen LogP contribution in [-0.4, -0.2) is 114 Å². The van der Waals surface area contributed by atoms with Gasteiger partial charge in [0.15, 0.2) is 23.0 Å². The SMILES string of the molecule is COc1ccc(C[C@H]2COC(=O)[C@@H]2Cc2ccc(OC(=O)NCCN3CCN(CCOC(=O)NC45CC6CC(C)(CC(C)(C6)C4)C5)CC3)c(OC)c2)cc1OC. The number of benzene rings is 2. The molecule has 2 amide bonds. The summed E-state index contributed by atoms with van der Waals surface area (Å²) in [5.74, 6) is 2.17. The topological polar surface area (TPSA) is 137 Å². The fourth-order valence-corrected chi connectivity index (χ4v) is 11.3. The molecule has 0 radical (unpaired) electrons. The summed E-state index contributed by atoms with van der Waals surface area (Å²) in [5.41, 5.74) is 2.50. The first-order valence-corrected chi connectivity index (χ1v) is 20.3. The van der Waals surface area contributed by atoms with E-state index in [0.717, 1.165) is 62.5 Å². The van der Waals surface area contributed by atoms with Gasteiger partial charge in [-0.25, -0.2) is 9.59 Å². The average Bonchev–Trinajstić information content (AvgIpc) is 3.48. The van der Waals surface area contributed by atoms with Crippen LogP contribution in [0.5, 0.6) is 23.0 Å². The van der Waals surface area contributed by atoms with Gasteiger partial charge in [0.2, 0.25) is 0 Å². The van der Waals surface area contributed by atoms with Crippen molar-refractivity contribution in [3.8, 4) is 23.0 Å². The highest BCUT2D eigenvalue weighted by atomic mass is 16.6. The van der Waals surface area contributed by atoms with E-state index in [9.17, 15) is 14.4 Å². The molecule has 2 aromatic carbocycles. The fraction of sp³-hybridized carbons (Fsp3) is 0.651. The van der Waals surface area contributed by atoms with Gasteiger partial charge in [-0.1, -0.05) is 26.0 Å². The first-order chi connectivity index (χ1) is 26.9. The van der Waals surface area contributed by atoms with E-state index in [2.05, 4.69) is 34.3 Å². The number of hydrogen-bond donors (Lipinski definition) is 2. The summed E-state index contributed by atoms with van der Waals surface area (Å²) in [6.07, 6.45) is 7.41. The Hall–Kier alpha value is -4.23. The van der Waals surface area contributed by atoms with Crippen molar-refractivity contribution in [2.45, 2.75) is 70.8 Å². The molecule has 13 nitrogen and oxygen atoms in total. The molecule has 8 rings (SSSR count). The molecule has 0 aromatic heterocycles. The van der Waals surface area contributed by atoms with E-state index in [4.69, 9.17) is 28.4 Å². The van der Waals surface area contributed by atoms with E-state index in [0.29, 0.717) is 79.5 Å². The van der Waals surface area contributed by atoms with Crippen molar-refractivity contribution >= 4 is 18.2 Å². The maximum atomic E-state index is 12.9. The third-order valence-electron chi connectivity index (χ3n) is 12.9. The Morgan fingerprint density at radius 3 is 2.02 bits per heavy atom. The highest BCUT2D eigenvalue weighted by molar-refractivity contribution is 5.75. The molecular weight excluding hydrogens is 716 g/mol. The van der Waals surface area contributed by atoms with E-state index in [1.807, 2.05) is 30.3 Å². The molecule has 6 aliphatic rings. The van der Waals surface area contributed by atoms with Crippen molar-refractivity contribution in [1.29, 1.82) is 0 Å². The smallest absolute Gasteiger partial charge is 0.412 e. The van der Waals surface area contributed by atoms with Gasteiger partial charge >= 0.3 is 18.2 Å². The Kier molecular flexibility index (Phi) is 11.9. The molecular formula is C43H60N4O9. The number of hydrogen-bond acceptors (Lipinski definition) is 11. The van der Waals surface area contributed by atoms with Crippen LogP contribution in [0.15, 0.2) is 36.4 Å². The Morgan fingerprint density at radius 1 is 0.768 bits per heavy atom. The third kappa shape index (κ3) is 9.31. The van der Waals surface area contributed by atoms with Gasteiger partial charge in [-0.05, 0) is 104 Å². The molecule has 2 saturated heterocycles. The molecule has 2 unspecified atom stereocenters. The number of methoxy groups -OCH3 is 3. The highest BCUT2D eigenvalue weighted by Crippen LogP contribution is 2.66. The molecule has 4 aliphatic carbocycles. The molecule has 56 heavy (non-hydrogen) atoms. The first kappa shape index (κ1) is 40.0. The number of alkyl carbamates (subject to hydrolysis) is 1. The number of amides is 2. The molecule has 13 heteroatoms. The second-order valence-electron chi connectivity index (χ2n) is 17.8. The monoisotopic (exact) mass is 776 g/mol. The van der Waals surface area contributed by atoms with Gasteiger partial charge in [-0.3, -0.25) is 14.6 Å². The van der Waals surface area contributed by atoms with Crippen LogP contribution in [0.3, 0.4) is 0 Å². The summed E-state index contributed by atoms with van der Waals surface area (Å²) in [4.78, 5) is 43.1. The molecule has 2 heterocycles. The lowest BCUT2D eigenvalue weighted by atomic mass is 9.43. The van der Waals surface area contributed by atoms with Crippen LogP contribution in [0.1, 0.15) is 63.5 Å². The standard InChI is InChI=1S/C43H60N4O9/c1-41-22-31-23-42(2,26-41)28-43(24-31,27-41)45-40(50)54-17-16-47-14-12-46(13-15-47)11-10-44-39(49)56-35-9-7-30(21-37(35)53-5)19-33-32(25-55-38(33)48)18-29-6-8-34(51-3)36(20-29)52-4/h6-9,20-21,31-33H,10-19,22-28H2,1-5H3,(H,44,49)(H,45,50)/t31?,32-,33+,41?,42?,43?/m0/s1. The fourth-order valence-electron chi connectivity index (χ4n) is 11.3. The van der Waals surface area contributed by atoms with Crippen molar-refractivity contribution in [2.75, 3.05) is 80.4 Å². The number of carbonyl (C=O) groups excluding carboxylic acids is 3. The third-order valence-corrected chi connectivity index (χ3v) is 12.9. The molecule has 0 spiro atoms. The van der Waals surface area contributed by atoms with E-state index >= 15 is 0 Å². The summed E-state index contributed by atoms with van der Waals surface area (Å²) in [7, 11) is 4.73. The zero-order valence-electron chi connectivity index (χ0n) is 33.8. The molecule has 2 N–H and O–H groups in total. The van der Waals surface area contributed by atoms with E-state index in [-0.39, 0.29) is 29.4 Å². The zero-order chi connectivity index (χ0) is 39.5. The maximum absolute atomic E-state index is 12.9. The zero-order valence-corrected chi connectivity index (χ0v) is 33.8. The molecule has 2 aliphatic heterocycles. The first-order valence-electron chi connectivity index (χ1n) is 20.3. The number of nitrogens with one attached hydrogen (secondary N) is 2. The quantitative estimate of drug-likeness (QED) is 0.223. The number of esters is 1. The molecule has 306 valence electrons. The summed E-state index contributed by atoms with van der Waals surface area (Å²) in [6.45, 7) is 10.9. The van der Waals surface area contributed by atoms with Gasteiger partial charge in [0.25, 0.3) is 0 Å². The Bertz CT molecular complexity index is 1730. The van der Waals surface area contributed by atoms with Gasteiger partial charge in [-0.2, -0.15) is 0 Å². The molecule has 2 aromatic rings. The van der Waals surface area contributed by atoms with Crippen LogP contribution >= 0.6 is 0 Å². The number of ether oxygens (including phenoxy) is 6. The average molecular weight is 777 g/mol. The normalized spacial score (nSPS) is 29.7. The molecule has 4 saturated carbocycles. The van der Waals surface area contributed by atoms with E-state index in [1.54, 1.807) is 20.3 Å². The van der Waals surface area contributed by atoms with Gasteiger partial charge in [0.1, 0.15) is 6.61 Å². The lowest BCUT2D eigenvalue weighted by Gasteiger charge is -2.65. The summed E-state index contributed by atoms with van der Waals surface area (Å²) in [6, 6.07) is 11.1. The van der Waals surface area contributed by atoms with Crippen LogP contribution < -0.4 is 29.6 Å². The van der Waals surface area contributed by atoms with Crippen molar-refractivity contribution in [2.24, 2.45) is 28.6 Å². The Labute approximate surface area is 331 Å². The van der Waals surface area contributed by atoms with Crippen LogP contribution in [0.4, 0.5) is 9.59 Å². The minimum Gasteiger partial charge on any atom is -0.493 e. The number of rotatable bonds is 15. The summed E-state index contributed by atoms with van der Waals surface area (Å²) < 4.78 is 33.2. The van der Waals surface area contributed by atoms with Crippen LogP contribution in [0.2, 0.25) is 0 Å². The second-order valence-corrected chi connectivity index (χ2v) is 17.8. The van der Waals surface area contributed by atoms with Crippen LogP contribution in [0.25, 0.3) is 0 Å². The lowest BCUT2D eigenvalue weighted by molar-refractivity contribution is -0.141. The van der Waals surface area contributed by atoms with Crippen molar-refractivity contribution in [3.63, 3.8) is 0 Å². The van der Waals surface area contributed by atoms with Crippen LogP contribution in [0, 0.1) is 28.6 Å². The molecule has 6 fully saturated rings. The Morgan fingerprint density at radius 2 is 1.38 bits per heavy atom. The van der Waals surface area contributed by atoms with Crippen molar-refractivity contribution < 1.29 is 42.8 Å². The predicted octanol–water partition coefficient (Wildman–Crippen LogP) is 5.47. The minimum absolute atomic E-state index is 0.00731. The van der Waals surface area contributed by atoms with Gasteiger partial charge in [-0.15, -0.1) is 0 Å². The van der Waals surface area contributed by atoms with Crippen molar-refractivity contribution in [1.82, 2.24) is 20.4 Å². The van der Waals surface area contributed by atoms with Gasteiger partial charge in [0, 0.05) is 57.3 Å². The van der Waals surface area contributed by atoms with Crippen LogP contribution in [-0.2, 0) is 27.1 Å². The number of nitrogens with zero attached hydrogens (tertiary/aromatic N) is 2. The number of cyclic esters (lactones) is 1. The predicted molar refractivity (Wildman–Crippen MR) is 209 cm³/mol. The molecule has 4 atom stereocenters. The van der Waals surface area contributed by atoms with Gasteiger partial charge in [0.05, 0.1) is 33.9 Å². The Balaban J connectivity index is 0.798. The number of piperazine rings is 1. The van der Waals surface area contributed by atoms with Gasteiger partial charge < -0.3 is 39.1 Å². The molecule has 4 bridgehead atoms. The maximum Gasteiger partial charge on any atom is 0.412 e. The summed E-state index contributed by atoms with van der Waals surface area (Å²) in [5, 5.41) is 6.20. The number of carbonyl (C=O) groups is 3. The van der Waals surface area contributed by atoms with E-state index < -0.39 is 6.09 Å². The summed E-state index contributed by atoms with van der Waals surface area (Å²) >= 11 is 0. The van der Waals surface area contributed by atoms with E-state index in [1.165, 1.54) is 26.4 Å². The minimum atomic E-state index is -0.559. The highest BCUT2D eigenvalue weighted by Gasteiger charge is 2.60.